The minimum absolute atomic E-state index is 0.326. The van der Waals surface area contributed by atoms with Crippen LogP contribution in [0.1, 0.15) is 23.6 Å². The molecular weight excluding hydrogens is 397 g/mol. The first-order chi connectivity index (χ1) is 15.0. The number of nitrogens with zero attached hydrogens (tertiary/aromatic N) is 1. The molecule has 2 heterocycles. The van der Waals surface area contributed by atoms with Gasteiger partial charge in [0, 0.05) is 25.3 Å². The molecule has 0 fully saturated rings. The van der Waals surface area contributed by atoms with Crippen molar-refractivity contribution in [3.05, 3.63) is 88.9 Å². The second-order valence-corrected chi connectivity index (χ2v) is 7.55. The van der Waals surface area contributed by atoms with Gasteiger partial charge in [0.25, 0.3) is 0 Å². The average molecular weight is 421 g/mol. The van der Waals surface area contributed by atoms with Gasteiger partial charge in [-0.3, -0.25) is 4.90 Å². The maximum absolute atomic E-state index is 13.4. The summed E-state index contributed by atoms with van der Waals surface area (Å²) >= 11 is 0. The standard InChI is InChI=1S/C24H24FN3O3/c1-31-23(29)21-20(26-24(30)27-22(21)18-7-9-19(25)10-8-18)15-28-13-11-17(12-14-28)16-5-3-2-4-6-16/h2-11,22H,12-15H2,1H3,(H2,26,27,30)/t22-/m0/s1. The molecule has 0 saturated carbocycles. The van der Waals surface area contributed by atoms with Gasteiger partial charge >= 0.3 is 12.0 Å². The van der Waals surface area contributed by atoms with E-state index in [4.69, 9.17) is 4.74 Å². The molecule has 2 amide bonds. The Labute approximate surface area is 180 Å². The van der Waals surface area contributed by atoms with Crippen LogP contribution in [0.2, 0.25) is 0 Å². The molecule has 0 unspecified atom stereocenters. The lowest BCUT2D eigenvalue weighted by atomic mass is 9.94. The quantitative estimate of drug-likeness (QED) is 0.726. The van der Waals surface area contributed by atoms with E-state index in [-0.39, 0.29) is 5.82 Å². The number of hydrogen-bond acceptors (Lipinski definition) is 4. The van der Waals surface area contributed by atoms with Gasteiger partial charge in [0.05, 0.1) is 18.7 Å². The predicted molar refractivity (Wildman–Crippen MR) is 115 cm³/mol. The fourth-order valence-corrected chi connectivity index (χ4v) is 3.99. The third-order valence-electron chi connectivity index (χ3n) is 5.58. The normalized spacial score (nSPS) is 19.4. The monoisotopic (exact) mass is 421 g/mol. The molecule has 0 spiro atoms. The second-order valence-electron chi connectivity index (χ2n) is 7.55. The number of halogens is 1. The number of carbonyl (C=O) groups excluding carboxylic acids is 2. The fraction of sp³-hybridized carbons (Fsp3) is 0.250. The number of ether oxygens (including phenoxy) is 1. The van der Waals surface area contributed by atoms with E-state index in [1.165, 1.54) is 30.4 Å². The molecule has 2 aromatic rings. The summed E-state index contributed by atoms with van der Waals surface area (Å²) in [7, 11) is 1.31. The van der Waals surface area contributed by atoms with Gasteiger partial charge in [-0.1, -0.05) is 48.5 Å². The van der Waals surface area contributed by atoms with Crippen molar-refractivity contribution >= 4 is 17.6 Å². The van der Waals surface area contributed by atoms with Gasteiger partial charge < -0.3 is 15.4 Å². The lowest BCUT2D eigenvalue weighted by Gasteiger charge is -2.33. The Morgan fingerprint density at radius 3 is 2.55 bits per heavy atom. The highest BCUT2D eigenvalue weighted by Gasteiger charge is 2.34. The summed E-state index contributed by atoms with van der Waals surface area (Å²) in [6.07, 6.45) is 3.05. The third kappa shape index (κ3) is 4.67. The minimum atomic E-state index is -0.711. The van der Waals surface area contributed by atoms with Gasteiger partial charge in [-0.25, -0.2) is 14.0 Å². The summed E-state index contributed by atoms with van der Waals surface area (Å²) in [5.74, 6) is -0.920. The van der Waals surface area contributed by atoms with E-state index in [9.17, 15) is 14.0 Å². The Hall–Kier alpha value is -3.45. The first-order valence-corrected chi connectivity index (χ1v) is 10.2. The highest BCUT2D eigenvalue weighted by Crippen LogP contribution is 2.29. The van der Waals surface area contributed by atoms with Gasteiger partial charge in [-0.2, -0.15) is 0 Å². The molecule has 0 aromatic heterocycles. The molecule has 0 radical (unpaired) electrons. The summed E-state index contributed by atoms with van der Waals surface area (Å²) < 4.78 is 18.4. The van der Waals surface area contributed by atoms with Crippen molar-refractivity contribution in [2.45, 2.75) is 12.5 Å². The summed E-state index contributed by atoms with van der Waals surface area (Å²) in [6.45, 7) is 1.89. The molecule has 0 aliphatic carbocycles. The van der Waals surface area contributed by atoms with Crippen LogP contribution in [0.3, 0.4) is 0 Å². The van der Waals surface area contributed by atoms with Crippen molar-refractivity contribution in [3.63, 3.8) is 0 Å². The summed E-state index contributed by atoms with van der Waals surface area (Å²) in [6, 6.07) is 14.8. The van der Waals surface area contributed by atoms with Gasteiger partial charge in [0.1, 0.15) is 5.82 Å². The number of methoxy groups -OCH3 is 1. The number of hydrogen-bond donors (Lipinski definition) is 2. The molecule has 0 bridgehead atoms. The zero-order valence-electron chi connectivity index (χ0n) is 17.2. The van der Waals surface area contributed by atoms with Gasteiger partial charge in [-0.05, 0) is 35.3 Å². The topological polar surface area (TPSA) is 70.7 Å². The largest absolute Gasteiger partial charge is 0.466 e. The van der Waals surface area contributed by atoms with E-state index in [1.807, 2.05) is 18.2 Å². The van der Waals surface area contributed by atoms with E-state index >= 15 is 0 Å². The maximum Gasteiger partial charge on any atom is 0.338 e. The summed E-state index contributed by atoms with van der Waals surface area (Å²) in [5.41, 5.74) is 3.94. The molecule has 2 aliphatic rings. The maximum atomic E-state index is 13.4. The van der Waals surface area contributed by atoms with Crippen LogP contribution < -0.4 is 10.6 Å². The molecular formula is C24H24FN3O3. The molecule has 2 N–H and O–H groups in total. The van der Waals surface area contributed by atoms with E-state index in [0.29, 0.717) is 29.9 Å². The van der Waals surface area contributed by atoms with Crippen LogP contribution in [0, 0.1) is 5.82 Å². The Morgan fingerprint density at radius 2 is 1.90 bits per heavy atom. The molecule has 4 rings (SSSR count). The number of urea groups is 1. The van der Waals surface area contributed by atoms with Gasteiger partial charge in [-0.15, -0.1) is 0 Å². The molecule has 0 saturated heterocycles. The molecule has 2 aromatic carbocycles. The third-order valence-corrected chi connectivity index (χ3v) is 5.58. The molecule has 1 atom stereocenters. The van der Waals surface area contributed by atoms with Crippen molar-refractivity contribution < 1.29 is 18.7 Å². The van der Waals surface area contributed by atoms with Gasteiger partial charge in [0.15, 0.2) is 0 Å². The highest BCUT2D eigenvalue weighted by molar-refractivity contribution is 5.95. The Kier molecular flexibility index (Phi) is 6.13. The highest BCUT2D eigenvalue weighted by atomic mass is 19.1. The SMILES string of the molecule is COC(=O)C1=C(CN2CC=C(c3ccccc3)CC2)NC(=O)N[C@H]1c1ccc(F)cc1. The van der Waals surface area contributed by atoms with Crippen LogP contribution in [0.25, 0.3) is 5.57 Å². The zero-order valence-corrected chi connectivity index (χ0v) is 17.2. The fourth-order valence-electron chi connectivity index (χ4n) is 3.99. The van der Waals surface area contributed by atoms with Crippen LogP contribution in [0.15, 0.2) is 71.9 Å². The number of carbonyl (C=O) groups is 2. The average Bonchev–Trinajstić information content (AvgIpc) is 2.80. The van der Waals surface area contributed by atoms with Crippen LogP contribution >= 0.6 is 0 Å². The van der Waals surface area contributed by atoms with Crippen molar-refractivity contribution in [3.8, 4) is 0 Å². The van der Waals surface area contributed by atoms with E-state index < -0.39 is 18.0 Å². The first kappa shape index (κ1) is 20.8. The zero-order chi connectivity index (χ0) is 21.8. The second kappa shape index (κ2) is 9.14. The number of esters is 1. The lowest BCUT2D eigenvalue weighted by Crippen LogP contribution is -2.48. The van der Waals surface area contributed by atoms with Crippen LogP contribution in [0.5, 0.6) is 0 Å². The minimum Gasteiger partial charge on any atom is -0.466 e. The Morgan fingerprint density at radius 1 is 1.16 bits per heavy atom. The number of benzene rings is 2. The Bertz CT molecular complexity index is 1030. The van der Waals surface area contributed by atoms with E-state index in [0.717, 1.165) is 13.0 Å². The molecule has 7 heteroatoms. The van der Waals surface area contributed by atoms with E-state index in [1.54, 1.807) is 12.1 Å². The smallest absolute Gasteiger partial charge is 0.338 e. The van der Waals surface area contributed by atoms with Crippen molar-refractivity contribution in [2.75, 3.05) is 26.7 Å². The van der Waals surface area contributed by atoms with Crippen molar-refractivity contribution in [1.82, 2.24) is 15.5 Å². The number of nitrogens with one attached hydrogen (secondary N) is 2. The number of rotatable bonds is 5. The van der Waals surface area contributed by atoms with Crippen LogP contribution in [0.4, 0.5) is 9.18 Å². The molecule has 2 aliphatic heterocycles. The van der Waals surface area contributed by atoms with Crippen LogP contribution in [-0.2, 0) is 9.53 Å². The summed E-state index contributed by atoms with van der Waals surface area (Å²) in [4.78, 5) is 27.1. The predicted octanol–water partition coefficient (Wildman–Crippen LogP) is 3.40. The first-order valence-electron chi connectivity index (χ1n) is 10.2. The molecule has 160 valence electrons. The Balaban J connectivity index is 1.59. The van der Waals surface area contributed by atoms with E-state index in [2.05, 4.69) is 33.7 Å². The lowest BCUT2D eigenvalue weighted by molar-refractivity contribution is -0.136. The molecule has 31 heavy (non-hydrogen) atoms. The molecule has 6 nitrogen and oxygen atoms in total. The summed E-state index contributed by atoms with van der Waals surface area (Å²) in [5, 5.41) is 5.53. The van der Waals surface area contributed by atoms with Crippen molar-refractivity contribution in [1.29, 1.82) is 0 Å². The number of amides is 2. The van der Waals surface area contributed by atoms with Crippen molar-refractivity contribution in [2.24, 2.45) is 0 Å². The van der Waals surface area contributed by atoms with Crippen LogP contribution in [-0.4, -0.2) is 43.6 Å². The van der Waals surface area contributed by atoms with Gasteiger partial charge in [0.2, 0.25) is 0 Å².